The lowest BCUT2D eigenvalue weighted by atomic mass is 10.9. The molecule has 0 spiro atoms. The van der Waals surface area contributed by atoms with Crippen LogP contribution in [0, 0.1) is 12.2 Å². The van der Waals surface area contributed by atoms with Gasteiger partial charge in [0.25, 0.3) is 0 Å². The average molecular weight is 276 g/mol. The summed E-state index contributed by atoms with van der Waals surface area (Å²) in [5, 5.41) is 0. The first-order valence-electron chi connectivity index (χ1n) is 5.39. The zero-order chi connectivity index (χ0) is 13.4. The van der Waals surface area contributed by atoms with Crippen molar-refractivity contribution in [2.45, 2.75) is 39.3 Å². The number of anilines is 1. The van der Waals surface area contributed by atoms with Gasteiger partial charge < -0.3 is 4.23 Å². The predicted octanol–water partition coefficient (Wildman–Crippen LogP) is 2.63. The highest BCUT2D eigenvalue weighted by Gasteiger charge is 2.37. The SMILES string of the molecule is C[Si](C)(C)N(c1nc(F)nc(F)n1)[Si](C)(C)C. The lowest BCUT2D eigenvalue weighted by Crippen LogP contribution is -2.60. The van der Waals surface area contributed by atoms with Crippen molar-refractivity contribution in [2.24, 2.45) is 0 Å². The van der Waals surface area contributed by atoms with Crippen molar-refractivity contribution in [2.75, 3.05) is 4.23 Å². The molecule has 4 nitrogen and oxygen atoms in total. The van der Waals surface area contributed by atoms with E-state index in [1.165, 1.54) is 0 Å². The van der Waals surface area contributed by atoms with Gasteiger partial charge in [-0.2, -0.15) is 23.7 Å². The molecule has 0 unspecified atom stereocenters. The summed E-state index contributed by atoms with van der Waals surface area (Å²) in [6.07, 6.45) is -2.12. The van der Waals surface area contributed by atoms with E-state index in [1.807, 2.05) is 4.23 Å². The maximum absolute atomic E-state index is 13.1. The minimum atomic E-state index is -1.80. The van der Waals surface area contributed by atoms with Gasteiger partial charge in [-0.15, -0.1) is 0 Å². The minimum absolute atomic E-state index is 0.133. The van der Waals surface area contributed by atoms with Gasteiger partial charge in [0.15, 0.2) is 0 Å². The van der Waals surface area contributed by atoms with Crippen molar-refractivity contribution in [3.63, 3.8) is 0 Å². The Bertz CT molecular complexity index is 380. The van der Waals surface area contributed by atoms with E-state index in [-0.39, 0.29) is 5.95 Å². The van der Waals surface area contributed by atoms with Gasteiger partial charge in [-0.05, 0) is 0 Å². The molecule has 0 aliphatic carbocycles. The van der Waals surface area contributed by atoms with Gasteiger partial charge >= 0.3 is 12.2 Å². The highest BCUT2D eigenvalue weighted by atomic mass is 28.4. The Hall–Kier alpha value is -0.896. The molecule has 1 heterocycles. The van der Waals surface area contributed by atoms with E-state index in [9.17, 15) is 8.78 Å². The monoisotopic (exact) mass is 276 g/mol. The van der Waals surface area contributed by atoms with Gasteiger partial charge in [0, 0.05) is 0 Å². The standard InChI is InChI=1S/C9H18F2N4Si2/c1-16(2,3)15(17(4,5)6)9-13-7(10)12-8(11)14-9/h1-6H3. The Morgan fingerprint density at radius 3 is 1.41 bits per heavy atom. The second-order valence-electron chi connectivity index (χ2n) is 5.85. The predicted molar refractivity (Wildman–Crippen MR) is 68.9 cm³/mol. The number of hydrogen-bond acceptors (Lipinski definition) is 4. The van der Waals surface area contributed by atoms with Crippen LogP contribution in [0.1, 0.15) is 0 Å². The number of halogens is 2. The lowest BCUT2D eigenvalue weighted by Gasteiger charge is -2.43. The molecule has 0 atom stereocenters. The van der Waals surface area contributed by atoms with Crippen molar-refractivity contribution in [3.8, 4) is 0 Å². The topological polar surface area (TPSA) is 41.9 Å². The van der Waals surface area contributed by atoms with E-state index in [4.69, 9.17) is 0 Å². The van der Waals surface area contributed by atoms with E-state index >= 15 is 0 Å². The van der Waals surface area contributed by atoms with E-state index in [2.05, 4.69) is 54.2 Å². The quantitative estimate of drug-likeness (QED) is 0.796. The third-order valence-electron chi connectivity index (χ3n) is 2.11. The van der Waals surface area contributed by atoms with Gasteiger partial charge in [-0.1, -0.05) is 39.3 Å². The van der Waals surface area contributed by atoms with E-state index in [0.717, 1.165) is 0 Å². The van der Waals surface area contributed by atoms with Crippen LogP contribution in [0.25, 0.3) is 0 Å². The molecular formula is C9H18F2N4Si2. The molecule has 17 heavy (non-hydrogen) atoms. The van der Waals surface area contributed by atoms with E-state index in [1.54, 1.807) is 0 Å². The molecule has 1 aromatic rings. The van der Waals surface area contributed by atoms with Gasteiger partial charge in [-0.3, -0.25) is 0 Å². The molecule has 0 amide bonds. The fourth-order valence-corrected chi connectivity index (χ4v) is 11.5. The van der Waals surface area contributed by atoms with E-state index < -0.39 is 28.6 Å². The molecule has 1 rings (SSSR count). The molecule has 0 aromatic carbocycles. The van der Waals surface area contributed by atoms with E-state index in [0.29, 0.717) is 0 Å². The summed E-state index contributed by atoms with van der Waals surface area (Å²) in [7, 11) is -3.60. The molecule has 0 saturated heterocycles. The first kappa shape index (κ1) is 14.2. The van der Waals surface area contributed by atoms with Crippen molar-refractivity contribution >= 4 is 22.4 Å². The summed E-state index contributed by atoms with van der Waals surface area (Å²) in [5.41, 5.74) is 0. The van der Waals surface area contributed by atoms with Crippen molar-refractivity contribution < 1.29 is 8.78 Å². The molecule has 0 N–H and O–H groups in total. The summed E-state index contributed by atoms with van der Waals surface area (Å²) >= 11 is 0. The Morgan fingerprint density at radius 2 is 1.12 bits per heavy atom. The van der Waals surface area contributed by atoms with Crippen molar-refractivity contribution in [1.82, 2.24) is 15.0 Å². The molecule has 0 radical (unpaired) electrons. The van der Waals surface area contributed by atoms with Crippen LogP contribution in [-0.2, 0) is 0 Å². The first-order valence-corrected chi connectivity index (χ1v) is 12.3. The number of nitrogens with zero attached hydrogens (tertiary/aromatic N) is 4. The highest BCUT2D eigenvalue weighted by Crippen LogP contribution is 2.24. The fourth-order valence-electron chi connectivity index (χ4n) is 2.02. The molecule has 8 heteroatoms. The second kappa shape index (κ2) is 4.41. The Kier molecular flexibility index (Phi) is 3.67. The molecule has 0 fully saturated rings. The molecular weight excluding hydrogens is 258 g/mol. The number of aromatic nitrogens is 3. The first-order chi connectivity index (χ1) is 7.51. The van der Waals surface area contributed by atoms with Crippen LogP contribution in [0.5, 0.6) is 0 Å². The van der Waals surface area contributed by atoms with Crippen LogP contribution in [-0.4, -0.2) is 31.4 Å². The van der Waals surface area contributed by atoms with Crippen LogP contribution >= 0.6 is 0 Å². The fraction of sp³-hybridized carbons (Fsp3) is 0.667. The summed E-state index contributed by atoms with van der Waals surface area (Å²) < 4.78 is 28.2. The van der Waals surface area contributed by atoms with Gasteiger partial charge in [0.2, 0.25) is 5.95 Å². The third-order valence-corrected chi connectivity index (χ3v) is 9.22. The molecule has 0 saturated carbocycles. The summed E-state index contributed by atoms with van der Waals surface area (Å²) in [4.78, 5) is 10.2. The van der Waals surface area contributed by atoms with Gasteiger partial charge in [0.1, 0.15) is 16.5 Å². The maximum atomic E-state index is 13.1. The molecule has 96 valence electrons. The van der Waals surface area contributed by atoms with Crippen LogP contribution < -0.4 is 4.23 Å². The lowest BCUT2D eigenvalue weighted by molar-refractivity contribution is 0.457. The Balaban J connectivity index is 3.33. The largest absolute Gasteiger partial charge is 0.394 e. The van der Waals surface area contributed by atoms with Crippen molar-refractivity contribution in [3.05, 3.63) is 12.2 Å². The minimum Gasteiger partial charge on any atom is -0.394 e. The second-order valence-corrected chi connectivity index (χ2v) is 15.9. The average Bonchev–Trinajstić information content (AvgIpc) is 1.93. The molecule has 0 aliphatic rings. The number of hydrogen-bond donors (Lipinski definition) is 0. The summed E-state index contributed by atoms with van der Waals surface area (Å²) in [6, 6.07) is 0. The summed E-state index contributed by atoms with van der Waals surface area (Å²) in [6.45, 7) is 12.6. The number of rotatable bonds is 3. The summed E-state index contributed by atoms with van der Waals surface area (Å²) in [5.74, 6) is 0.133. The Labute approximate surface area is 102 Å². The molecule has 1 aromatic heterocycles. The van der Waals surface area contributed by atoms with Gasteiger partial charge in [-0.25, -0.2) is 0 Å². The zero-order valence-electron chi connectivity index (χ0n) is 11.0. The smallest absolute Gasteiger partial charge is 0.315 e. The normalized spacial score (nSPS) is 12.7. The molecule has 0 bridgehead atoms. The van der Waals surface area contributed by atoms with Crippen LogP contribution in [0.4, 0.5) is 14.7 Å². The van der Waals surface area contributed by atoms with Crippen LogP contribution in [0.15, 0.2) is 0 Å². The highest BCUT2D eigenvalue weighted by molar-refractivity contribution is 6.99. The van der Waals surface area contributed by atoms with Crippen LogP contribution in [0.2, 0.25) is 39.3 Å². The maximum Gasteiger partial charge on any atom is 0.315 e. The Morgan fingerprint density at radius 1 is 0.765 bits per heavy atom. The molecule has 0 aliphatic heterocycles. The van der Waals surface area contributed by atoms with Crippen molar-refractivity contribution in [1.29, 1.82) is 0 Å². The van der Waals surface area contributed by atoms with Gasteiger partial charge in [0.05, 0.1) is 0 Å². The zero-order valence-corrected chi connectivity index (χ0v) is 13.0. The third kappa shape index (κ3) is 3.53. The van der Waals surface area contributed by atoms with Crippen LogP contribution in [0.3, 0.4) is 0 Å².